The van der Waals surface area contributed by atoms with Crippen molar-refractivity contribution in [2.24, 2.45) is 0 Å². The number of hydrogen-bond acceptors (Lipinski definition) is 2. The predicted molar refractivity (Wildman–Crippen MR) is 82.6 cm³/mol. The summed E-state index contributed by atoms with van der Waals surface area (Å²) in [4.78, 5) is 2.62. The average molecular weight is 263 g/mol. The van der Waals surface area contributed by atoms with Gasteiger partial charge in [0.2, 0.25) is 0 Å². The van der Waals surface area contributed by atoms with Gasteiger partial charge in [0.15, 0.2) is 0 Å². The molecule has 1 aromatic carbocycles. The van der Waals surface area contributed by atoms with Gasteiger partial charge in [-0.05, 0) is 30.9 Å². The molecule has 0 spiro atoms. The predicted octanol–water partition coefficient (Wildman–Crippen LogP) is 3.71. The van der Waals surface area contributed by atoms with Crippen molar-refractivity contribution in [3.8, 4) is 0 Å². The first-order chi connectivity index (χ1) is 8.58. The van der Waals surface area contributed by atoms with Crippen LogP contribution in [-0.4, -0.2) is 36.0 Å². The third kappa shape index (κ3) is 3.76. The third-order valence-corrected chi connectivity index (χ3v) is 4.93. The molecule has 0 atom stereocenters. The zero-order valence-electron chi connectivity index (χ0n) is 11.9. The van der Waals surface area contributed by atoms with Crippen molar-refractivity contribution >= 4 is 11.8 Å². The number of aryl methyl sites for hydroxylation is 1. The molecule has 0 saturated carbocycles. The molecule has 100 valence electrons. The molecule has 0 aliphatic carbocycles. The van der Waals surface area contributed by atoms with Crippen LogP contribution in [0.2, 0.25) is 0 Å². The van der Waals surface area contributed by atoms with Gasteiger partial charge in [-0.2, -0.15) is 11.8 Å². The standard InChI is InChI=1S/C16H25NS/c1-14-4-6-15(7-5-14)16(2,3)8-9-17-10-12-18-13-11-17/h4-7H,8-13H2,1-3H3. The lowest BCUT2D eigenvalue weighted by Gasteiger charge is -2.31. The average Bonchev–Trinajstić information content (AvgIpc) is 2.38. The summed E-state index contributed by atoms with van der Waals surface area (Å²) in [6.45, 7) is 10.7. The Kier molecular flexibility index (Phi) is 4.74. The maximum absolute atomic E-state index is 2.62. The second-order valence-corrected chi connectivity index (χ2v) is 7.18. The molecular formula is C16H25NS. The lowest BCUT2D eigenvalue weighted by atomic mass is 9.81. The zero-order valence-corrected chi connectivity index (χ0v) is 12.7. The van der Waals surface area contributed by atoms with Gasteiger partial charge in [0.25, 0.3) is 0 Å². The molecule has 1 aromatic rings. The van der Waals surface area contributed by atoms with Crippen LogP contribution >= 0.6 is 11.8 Å². The molecular weight excluding hydrogens is 238 g/mol. The van der Waals surface area contributed by atoms with Crippen LogP contribution in [0, 0.1) is 6.92 Å². The number of benzene rings is 1. The summed E-state index contributed by atoms with van der Waals surface area (Å²) < 4.78 is 0. The van der Waals surface area contributed by atoms with Gasteiger partial charge in [0.1, 0.15) is 0 Å². The third-order valence-electron chi connectivity index (χ3n) is 3.99. The lowest BCUT2D eigenvalue weighted by Crippen LogP contribution is -2.36. The molecule has 2 heteroatoms. The van der Waals surface area contributed by atoms with Crippen molar-refractivity contribution in [3.05, 3.63) is 35.4 Å². The van der Waals surface area contributed by atoms with E-state index >= 15 is 0 Å². The van der Waals surface area contributed by atoms with E-state index in [4.69, 9.17) is 0 Å². The van der Waals surface area contributed by atoms with E-state index in [2.05, 4.69) is 61.7 Å². The SMILES string of the molecule is Cc1ccc(C(C)(C)CCN2CCSCC2)cc1. The largest absolute Gasteiger partial charge is 0.302 e. The van der Waals surface area contributed by atoms with Gasteiger partial charge >= 0.3 is 0 Å². The van der Waals surface area contributed by atoms with Gasteiger partial charge in [-0.3, -0.25) is 0 Å². The molecule has 1 fully saturated rings. The molecule has 18 heavy (non-hydrogen) atoms. The molecule has 1 aliphatic heterocycles. The molecule has 1 heterocycles. The van der Waals surface area contributed by atoms with E-state index in [1.807, 2.05) is 0 Å². The van der Waals surface area contributed by atoms with Gasteiger partial charge in [-0.15, -0.1) is 0 Å². The Balaban J connectivity index is 1.91. The molecule has 1 aliphatic rings. The monoisotopic (exact) mass is 263 g/mol. The smallest absolute Gasteiger partial charge is 0.00727 e. The van der Waals surface area contributed by atoms with Crippen LogP contribution in [0.25, 0.3) is 0 Å². The van der Waals surface area contributed by atoms with E-state index in [1.54, 1.807) is 0 Å². The molecule has 0 bridgehead atoms. The van der Waals surface area contributed by atoms with E-state index in [-0.39, 0.29) is 5.41 Å². The summed E-state index contributed by atoms with van der Waals surface area (Å²) in [5, 5.41) is 0. The van der Waals surface area contributed by atoms with E-state index in [1.165, 1.54) is 48.7 Å². The van der Waals surface area contributed by atoms with Crippen molar-refractivity contribution < 1.29 is 0 Å². The minimum absolute atomic E-state index is 0.290. The topological polar surface area (TPSA) is 3.24 Å². The minimum Gasteiger partial charge on any atom is -0.302 e. The van der Waals surface area contributed by atoms with Gasteiger partial charge in [0.05, 0.1) is 0 Å². The number of thioether (sulfide) groups is 1. The van der Waals surface area contributed by atoms with E-state index in [9.17, 15) is 0 Å². The molecule has 0 aromatic heterocycles. The Labute approximate surface area is 116 Å². The van der Waals surface area contributed by atoms with Crippen molar-refractivity contribution in [2.75, 3.05) is 31.1 Å². The molecule has 1 saturated heterocycles. The first-order valence-electron chi connectivity index (χ1n) is 6.95. The van der Waals surface area contributed by atoms with Gasteiger partial charge in [0, 0.05) is 24.6 Å². The summed E-state index contributed by atoms with van der Waals surface area (Å²) in [5.41, 5.74) is 3.11. The fraction of sp³-hybridized carbons (Fsp3) is 0.625. The quantitative estimate of drug-likeness (QED) is 0.814. The highest BCUT2D eigenvalue weighted by molar-refractivity contribution is 7.99. The molecule has 2 rings (SSSR count). The molecule has 0 amide bonds. The molecule has 0 unspecified atom stereocenters. The highest BCUT2D eigenvalue weighted by atomic mass is 32.2. The Morgan fingerprint density at radius 1 is 1.11 bits per heavy atom. The van der Waals surface area contributed by atoms with Crippen LogP contribution in [-0.2, 0) is 5.41 Å². The van der Waals surface area contributed by atoms with E-state index in [0.717, 1.165) is 0 Å². The van der Waals surface area contributed by atoms with Crippen molar-refractivity contribution in [3.63, 3.8) is 0 Å². The van der Waals surface area contributed by atoms with Crippen LogP contribution in [0.15, 0.2) is 24.3 Å². The second kappa shape index (κ2) is 6.12. The van der Waals surface area contributed by atoms with E-state index < -0.39 is 0 Å². The highest BCUT2D eigenvalue weighted by Crippen LogP contribution is 2.27. The Hall–Kier alpha value is -0.470. The molecule has 1 nitrogen and oxygen atoms in total. The summed E-state index contributed by atoms with van der Waals surface area (Å²) in [5.74, 6) is 2.62. The van der Waals surface area contributed by atoms with Crippen molar-refractivity contribution in [2.45, 2.75) is 32.6 Å². The first-order valence-corrected chi connectivity index (χ1v) is 8.11. The fourth-order valence-electron chi connectivity index (χ4n) is 2.41. The van der Waals surface area contributed by atoms with Gasteiger partial charge < -0.3 is 4.90 Å². The Morgan fingerprint density at radius 2 is 1.72 bits per heavy atom. The zero-order chi connectivity index (χ0) is 13.0. The maximum Gasteiger partial charge on any atom is 0.00727 e. The number of nitrogens with zero attached hydrogens (tertiary/aromatic N) is 1. The second-order valence-electron chi connectivity index (χ2n) is 5.95. The van der Waals surface area contributed by atoms with Gasteiger partial charge in [-0.1, -0.05) is 43.7 Å². The summed E-state index contributed by atoms with van der Waals surface area (Å²) >= 11 is 2.09. The number of hydrogen-bond donors (Lipinski definition) is 0. The fourth-order valence-corrected chi connectivity index (χ4v) is 3.39. The normalized spacial score (nSPS) is 17.9. The van der Waals surface area contributed by atoms with Crippen molar-refractivity contribution in [1.82, 2.24) is 4.90 Å². The molecule has 0 radical (unpaired) electrons. The lowest BCUT2D eigenvalue weighted by molar-refractivity contribution is 0.270. The first kappa shape index (κ1) is 14.0. The maximum atomic E-state index is 2.62. The minimum atomic E-state index is 0.290. The summed E-state index contributed by atoms with van der Waals surface area (Å²) in [7, 11) is 0. The van der Waals surface area contributed by atoms with Crippen LogP contribution in [0.5, 0.6) is 0 Å². The summed E-state index contributed by atoms with van der Waals surface area (Å²) in [6, 6.07) is 9.05. The molecule has 0 N–H and O–H groups in total. The van der Waals surface area contributed by atoms with Crippen LogP contribution in [0.4, 0.5) is 0 Å². The Morgan fingerprint density at radius 3 is 2.33 bits per heavy atom. The van der Waals surface area contributed by atoms with Crippen LogP contribution < -0.4 is 0 Å². The summed E-state index contributed by atoms with van der Waals surface area (Å²) in [6.07, 6.45) is 1.25. The van der Waals surface area contributed by atoms with E-state index in [0.29, 0.717) is 0 Å². The highest BCUT2D eigenvalue weighted by Gasteiger charge is 2.22. The van der Waals surface area contributed by atoms with Crippen molar-refractivity contribution in [1.29, 1.82) is 0 Å². The van der Waals surface area contributed by atoms with Crippen LogP contribution in [0.3, 0.4) is 0 Å². The van der Waals surface area contributed by atoms with Crippen LogP contribution in [0.1, 0.15) is 31.4 Å². The van der Waals surface area contributed by atoms with Gasteiger partial charge in [-0.25, -0.2) is 0 Å². The Bertz CT molecular complexity index is 363. The number of rotatable bonds is 4.